The Labute approximate surface area is 200 Å². The molecule has 7 heteroatoms. The highest BCUT2D eigenvalue weighted by molar-refractivity contribution is 9.10. The number of carbonyl (C=O) groups excluding carboxylic acids is 2. The van der Waals surface area contributed by atoms with Crippen LogP contribution in [0.2, 0.25) is 0 Å². The number of carbonyl (C=O) groups is 2. The average Bonchev–Trinajstić information content (AvgIpc) is 3.23. The molecular formula is C26H24BrN3O3. The molecule has 33 heavy (non-hydrogen) atoms. The summed E-state index contributed by atoms with van der Waals surface area (Å²) in [6.45, 7) is -0.130. The number of nitrogens with one attached hydrogen (secondary N) is 3. The molecule has 3 N–H and O–H groups in total. The molecule has 0 radical (unpaired) electrons. The second kappa shape index (κ2) is 10.8. The number of benzene rings is 3. The van der Waals surface area contributed by atoms with Crippen LogP contribution in [-0.4, -0.2) is 23.4 Å². The monoisotopic (exact) mass is 505 g/mol. The van der Waals surface area contributed by atoms with E-state index in [9.17, 15) is 9.59 Å². The number of H-pyrrole nitrogens is 1. The first-order valence-corrected chi connectivity index (χ1v) is 11.5. The van der Waals surface area contributed by atoms with Gasteiger partial charge in [0.05, 0.1) is 11.4 Å². The van der Waals surface area contributed by atoms with Gasteiger partial charge in [-0.15, -0.1) is 0 Å². The largest absolute Gasteiger partial charge is 0.484 e. The van der Waals surface area contributed by atoms with Crippen molar-refractivity contribution in [2.45, 2.75) is 19.3 Å². The van der Waals surface area contributed by atoms with Crippen LogP contribution in [-0.2, 0) is 16.0 Å². The number of halogens is 1. The SMILES string of the molecule is O=C(CCCc1c[nH]c2ccccc12)Nc1ccccc1NC(=O)COc1ccc(Br)cc1. The molecule has 0 saturated heterocycles. The molecule has 1 heterocycles. The van der Waals surface area contributed by atoms with Crippen molar-refractivity contribution in [3.05, 3.63) is 89.0 Å². The molecule has 4 aromatic rings. The number of hydrogen-bond donors (Lipinski definition) is 3. The third kappa shape index (κ3) is 6.23. The Bertz CT molecular complexity index is 1250. The van der Waals surface area contributed by atoms with Crippen LogP contribution >= 0.6 is 15.9 Å². The van der Waals surface area contributed by atoms with E-state index in [1.165, 1.54) is 10.9 Å². The molecule has 0 bridgehead atoms. The summed E-state index contributed by atoms with van der Waals surface area (Å²) >= 11 is 3.36. The van der Waals surface area contributed by atoms with E-state index in [4.69, 9.17) is 4.74 Å². The lowest BCUT2D eigenvalue weighted by Gasteiger charge is -2.13. The number of ether oxygens (including phenoxy) is 1. The van der Waals surface area contributed by atoms with Crippen molar-refractivity contribution >= 4 is 50.0 Å². The number of aromatic nitrogens is 1. The van der Waals surface area contributed by atoms with Gasteiger partial charge < -0.3 is 20.4 Å². The van der Waals surface area contributed by atoms with E-state index in [-0.39, 0.29) is 18.4 Å². The van der Waals surface area contributed by atoms with E-state index < -0.39 is 0 Å². The normalized spacial score (nSPS) is 10.7. The Morgan fingerprint density at radius 2 is 1.52 bits per heavy atom. The lowest BCUT2D eigenvalue weighted by Crippen LogP contribution is -2.21. The first kappa shape index (κ1) is 22.6. The van der Waals surface area contributed by atoms with E-state index in [1.54, 1.807) is 30.3 Å². The predicted molar refractivity (Wildman–Crippen MR) is 135 cm³/mol. The van der Waals surface area contributed by atoms with E-state index in [1.807, 2.05) is 42.6 Å². The quantitative estimate of drug-likeness (QED) is 0.264. The average molecular weight is 506 g/mol. The lowest BCUT2D eigenvalue weighted by molar-refractivity contribution is -0.118. The highest BCUT2D eigenvalue weighted by Crippen LogP contribution is 2.23. The molecule has 0 atom stereocenters. The zero-order valence-electron chi connectivity index (χ0n) is 17.9. The maximum atomic E-state index is 12.5. The fourth-order valence-electron chi connectivity index (χ4n) is 3.56. The lowest BCUT2D eigenvalue weighted by atomic mass is 10.1. The second-order valence-electron chi connectivity index (χ2n) is 7.60. The molecule has 1 aromatic heterocycles. The molecule has 0 saturated carbocycles. The number of rotatable bonds is 9. The van der Waals surface area contributed by atoms with Crippen LogP contribution in [0, 0.1) is 0 Å². The van der Waals surface area contributed by atoms with Crippen LogP contribution in [0.15, 0.2) is 83.5 Å². The van der Waals surface area contributed by atoms with Gasteiger partial charge in [-0.05, 0) is 60.9 Å². The van der Waals surface area contributed by atoms with Crippen LogP contribution in [0.5, 0.6) is 5.75 Å². The van der Waals surface area contributed by atoms with Gasteiger partial charge in [0.15, 0.2) is 6.61 Å². The van der Waals surface area contributed by atoms with Crippen molar-refractivity contribution in [3.63, 3.8) is 0 Å². The van der Waals surface area contributed by atoms with Gasteiger partial charge in [0.25, 0.3) is 5.91 Å². The zero-order chi connectivity index (χ0) is 23.0. The van der Waals surface area contributed by atoms with Crippen molar-refractivity contribution in [3.8, 4) is 5.75 Å². The summed E-state index contributed by atoms with van der Waals surface area (Å²) in [6, 6.07) is 22.5. The molecule has 168 valence electrons. The van der Waals surface area contributed by atoms with E-state index in [0.29, 0.717) is 23.5 Å². The Kier molecular flexibility index (Phi) is 7.42. The van der Waals surface area contributed by atoms with E-state index >= 15 is 0 Å². The Morgan fingerprint density at radius 1 is 0.848 bits per heavy atom. The van der Waals surface area contributed by atoms with Crippen molar-refractivity contribution in [2.24, 2.45) is 0 Å². The molecule has 4 rings (SSSR count). The summed E-state index contributed by atoms with van der Waals surface area (Å²) in [7, 11) is 0. The third-order valence-corrected chi connectivity index (χ3v) is 5.71. The molecule has 0 fully saturated rings. The summed E-state index contributed by atoms with van der Waals surface area (Å²) in [5, 5.41) is 6.90. The Hall–Kier alpha value is -3.58. The van der Waals surface area contributed by atoms with Crippen LogP contribution in [0.4, 0.5) is 11.4 Å². The summed E-state index contributed by atoms with van der Waals surface area (Å²) in [6.07, 6.45) is 3.92. The topological polar surface area (TPSA) is 83.2 Å². The fraction of sp³-hybridized carbons (Fsp3) is 0.154. The first-order valence-electron chi connectivity index (χ1n) is 10.7. The summed E-state index contributed by atoms with van der Waals surface area (Å²) in [4.78, 5) is 28.1. The van der Waals surface area contributed by atoms with E-state index in [0.717, 1.165) is 22.8 Å². The molecule has 3 aromatic carbocycles. The van der Waals surface area contributed by atoms with Gasteiger partial charge in [0, 0.05) is 28.0 Å². The van der Waals surface area contributed by atoms with Gasteiger partial charge in [-0.25, -0.2) is 0 Å². The first-order chi connectivity index (χ1) is 16.1. The highest BCUT2D eigenvalue weighted by Gasteiger charge is 2.11. The van der Waals surface area contributed by atoms with Crippen molar-refractivity contribution in [1.29, 1.82) is 0 Å². The van der Waals surface area contributed by atoms with Gasteiger partial charge in [-0.2, -0.15) is 0 Å². The van der Waals surface area contributed by atoms with Gasteiger partial charge in [-0.1, -0.05) is 46.3 Å². The van der Waals surface area contributed by atoms with Gasteiger partial charge in [-0.3, -0.25) is 9.59 Å². The molecule has 0 unspecified atom stereocenters. The molecule has 2 amide bonds. The molecule has 0 aliphatic rings. The number of amides is 2. The number of aryl methyl sites for hydroxylation is 1. The Balaban J connectivity index is 1.28. The number of hydrogen-bond acceptors (Lipinski definition) is 3. The minimum Gasteiger partial charge on any atom is -0.484 e. The van der Waals surface area contributed by atoms with Crippen LogP contribution in [0.1, 0.15) is 18.4 Å². The molecule has 0 aliphatic carbocycles. The number of fused-ring (bicyclic) bond motifs is 1. The van der Waals surface area contributed by atoms with Crippen LogP contribution in [0.3, 0.4) is 0 Å². The van der Waals surface area contributed by atoms with Crippen LogP contribution < -0.4 is 15.4 Å². The summed E-state index contributed by atoms with van der Waals surface area (Å²) < 4.78 is 6.45. The van der Waals surface area contributed by atoms with Crippen molar-refractivity contribution < 1.29 is 14.3 Å². The fourth-order valence-corrected chi connectivity index (χ4v) is 3.82. The number of aromatic amines is 1. The third-order valence-electron chi connectivity index (χ3n) is 5.18. The number of anilines is 2. The smallest absolute Gasteiger partial charge is 0.262 e. The number of para-hydroxylation sites is 3. The minimum absolute atomic E-state index is 0.0948. The molecule has 0 aliphatic heterocycles. The Morgan fingerprint density at radius 3 is 2.27 bits per heavy atom. The maximum absolute atomic E-state index is 12.5. The summed E-state index contributed by atoms with van der Waals surface area (Å²) in [5.74, 6) is 0.201. The minimum atomic E-state index is -0.307. The predicted octanol–water partition coefficient (Wildman–Crippen LogP) is 5.91. The summed E-state index contributed by atoms with van der Waals surface area (Å²) in [5.41, 5.74) is 3.40. The molecule has 6 nitrogen and oxygen atoms in total. The van der Waals surface area contributed by atoms with Gasteiger partial charge in [0.2, 0.25) is 5.91 Å². The highest BCUT2D eigenvalue weighted by atomic mass is 79.9. The molecule has 0 spiro atoms. The second-order valence-corrected chi connectivity index (χ2v) is 8.51. The van der Waals surface area contributed by atoms with E-state index in [2.05, 4.69) is 37.6 Å². The zero-order valence-corrected chi connectivity index (χ0v) is 19.5. The standard InChI is InChI=1S/C26H24BrN3O3/c27-19-12-14-20(15-13-19)33-17-26(32)30-24-10-4-3-9-23(24)29-25(31)11-5-6-18-16-28-22-8-2-1-7-21(18)22/h1-4,7-10,12-16,28H,5-6,11,17H2,(H,29,31)(H,30,32). The van der Waals surface area contributed by atoms with Gasteiger partial charge in [0.1, 0.15) is 5.75 Å². The van der Waals surface area contributed by atoms with Crippen molar-refractivity contribution in [2.75, 3.05) is 17.2 Å². The maximum Gasteiger partial charge on any atom is 0.262 e. The van der Waals surface area contributed by atoms with Gasteiger partial charge >= 0.3 is 0 Å². The van der Waals surface area contributed by atoms with Crippen molar-refractivity contribution in [1.82, 2.24) is 4.98 Å². The van der Waals surface area contributed by atoms with Crippen LogP contribution in [0.25, 0.3) is 10.9 Å². The molecular weight excluding hydrogens is 482 g/mol.